The smallest absolute Gasteiger partial charge is 0.309 e. The number of fused-ring (bicyclic) bond motifs is 3. The molecule has 24 heavy (non-hydrogen) atoms. The van der Waals surface area contributed by atoms with Gasteiger partial charge in [0.25, 0.3) is 0 Å². The van der Waals surface area contributed by atoms with Gasteiger partial charge in [-0.2, -0.15) is 0 Å². The van der Waals surface area contributed by atoms with E-state index < -0.39 is 5.97 Å². The van der Waals surface area contributed by atoms with Crippen LogP contribution in [0.2, 0.25) is 0 Å². The quantitative estimate of drug-likeness (QED) is 0.939. The molecule has 2 bridgehead atoms. The monoisotopic (exact) mass is 327 g/mol. The molecule has 2 aromatic heterocycles. The highest BCUT2D eigenvalue weighted by molar-refractivity contribution is 5.70. The van der Waals surface area contributed by atoms with Crippen LogP contribution in [0.3, 0.4) is 0 Å². The molecule has 4 rings (SSSR count). The molecule has 0 spiro atoms. The fourth-order valence-corrected chi connectivity index (χ4v) is 5.20. The standard InChI is InChI=1S/C19H25N3O2/c1-18(2)7-15-8-19(3,11-18)12-22(15)14-4-5-16-20-13(6-17(23)24)9-21(16)10-14/h4-5,9-10,15H,6-8,11-12H2,1-3H3,(H,23,24). The van der Waals surface area contributed by atoms with Crippen LogP contribution in [0, 0.1) is 10.8 Å². The summed E-state index contributed by atoms with van der Waals surface area (Å²) in [5.74, 6) is -0.845. The zero-order chi connectivity index (χ0) is 17.1. The minimum atomic E-state index is -0.845. The van der Waals surface area contributed by atoms with Crippen LogP contribution in [0.5, 0.6) is 0 Å². The Labute approximate surface area is 142 Å². The van der Waals surface area contributed by atoms with Gasteiger partial charge in [-0.05, 0) is 42.2 Å². The van der Waals surface area contributed by atoms with Crippen LogP contribution in [0.15, 0.2) is 24.5 Å². The van der Waals surface area contributed by atoms with E-state index in [0.717, 1.165) is 12.2 Å². The minimum Gasteiger partial charge on any atom is -0.481 e. The fourth-order valence-electron chi connectivity index (χ4n) is 5.20. The summed E-state index contributed by atoms with van der Waals surface area (Å²) in [6, 6.07) is 4.72. The summed E-state index contributed by atoms with van der Waals surface area (Å²) in [7, 11) is 0. The maximum atomic E-state index is 10.9. The van der Waals surface area contributed by atoms with E-state index in [0.29, 0.717) is 22.6 Å². The van der Waals surface area contributed by atoms with Crippen LogP contribution in [-0.4, -0.2) is 33.0 Å². The number of aliphatic carboxylic acids is 1. The number of nitrogens with zero attached hydrogens (tertiary/aromatic N) is 3. The molecule has 5 nitrogen and oxygen atoms in total. The number of hydrogen-bond donors (Lipinski definition) is 1. The number of anilines is 1. The Morgan fingerprint density at radius 3 is 2.83 bits per heavy atom. The van der Waals surface area contributed by atoms with Gasteiger partial charge in [-0.15, -0.1) is 0 Å². The lowest BCUT2D eigenvalue weighted by molar-refractivity contribution is -0.136. The van der Waals surface area contributed by atoms with Crippen LogP contribution < -0.4 is 4.90 Å². The van der Waals surface area contributed by atoms with E-state index in [1.54, 1.807) is 0 Å². The van der Waals surface area contributed by atoms with E-state index in [2.05, 4.69) is 42.9 Å². The van der Waals surface area contributed by atoms with Gasteiger partial charge >= 0.3 is 5.97 Å². The largest absolute Gasteiger partial charge is 0.481 e. The second-order valence-corrected chi connectivity index (χ2v) is 8.80. The first-order valence-electron chi connectivity index (χ1n) is 8.69. The molecular weight excluding hydrogens is 302 g/mol. The molecular formula is C19H25N3O2. The Kier molecular flexibility index (Phi) is 3.21. The highest BCUT2D eigenvalue weighted by atomic mass is 16.4. The van der Waals surface area contributed by atoms with Gasteiger partial charge in [-0.1, -0.05) is 20.8 Å². The van der Waals surface area contributed by atoms with E-state index in [1.165, 1.54) is 24.9 Å². The molecule has 2 atom stereocenters. The average molecular weight is 327 g/mol. The highest BCUT2D eigenvalue weighted by Crippen LogP contribution is 2.53. The van der Waals surface area contributed by atoms with Crippen molar-refractivity contribution in [1.82, 2.24) is 9.38 Å². The summed E-state index contributed by atoms with van der Waals surface area (Å²) in [6.45, 7) is 8.29. The molecule has 1 saturated carbocycles. The van der Waals surface area contributed by atoms with E-state index in [4.69, 9.17) is 5.11 Å². The van der Waals surface area contributed by atoms with E-state index in [9.17, 15) is 4.79 Å². The zero-order valence-corrected chi connectivity index (χ0v) is 14.6. The minimum absolute atomic E-state index is 0.0321. The molecule has 0 radical (unpaired) electrons. The topological polar surface area (TPSA) is 57.8 Å². The van der Waals surface area contributed by atoms with Crippen molar-refractivity contribution >= 4 is 17.3 Å². The molecule has 0 aromatic carbocycles. The summed E-state index contributed by atoms with van der Waals surface area (Å²) in [5.41, 5.74) is 3.43. The molecule has 2 unspecified atom stereocenters. The second kappa shape index (κ2) is 4.98. The van der Waals surface area contributed by atoms with Crippen LogP contribution in [0.25, 0.3) is 5.65 Å². The number of imidazole rings is 1. The number of aromatic nitrogens is 2. The predicted octanol–water partition coefficient (Wildman–Crippen LogP) is 3.37. The molecule has 1 aliphatic carbocycles. The van der Waals surface area contributed by atoms with Gasteiger partial charge in [0.1, 0.15) is 5.65 Å². The van der Waals surface area contributed by atoms with Gasteiger partial charge in [-0.25, -0.2) is 4.98 Å². The summed E-state index contributed by atoms with van der Waals surface area (Å²) >= 11 is 0. The normalized spacial score (nSPS) is 28.5. The SMILES string of the molecule is CC1(C)CC2CC(C)(CN2c2ccc3nc(CC(=O)O)cn3c2)C1. The van der Waals surface area contributed by atoms with Crippen LogP contribution in [0.4, 0.5) is 5.69 Å². The number of hydrogen-bond acceptors (Lipinski definition) is 3. The van der Waals surface area contributed by atoms with Crippen molar-refractivity contribution in [3.63, 3.8) is 0 Å². The summed E-state index contributed by atoms with van der Waals surface area (Å²) in [4.78, 5) is 17.8. The summed E-state index contributed by atoms with van der Waals surface area (Å²) in [6.07, 6.45) is 7.68. The highest BCUT2D eigenvalue weighted by Gasteiger charge is 2.49. The van der Waals surface area contributed by atoms with E-state index in [1.807, 2.05) is 16.7 Å². The molecule has 2 aromatic rings. The number of carboxylic acid groups (broad SMARTS) is 1. The Morgan fingerprint density at radius 1 is 1.29 bits per heavy atom. The molecule has 1 aliphatic heterocycles. The first-order chi connectivity index (χ1) is 11.2. The Hall–Kier alpha value is -2.04. The molecule has 0 amide bonds. The van der Waals surface area contributed by atoms with Crippen molar-refractivity contribution in [2.45, 2.75) is 52.5 Å². The molecule has 3 heterocycles. The van der Waals surface area contributed by atoms with Crippen molar-refractivity contribution in [3.05, 3.63) is 30.2 Å². The first kappa shape index (κ1) is 15.5. The van der Waals surface area contributed by atoms with Crippen molar-refractivity contribution < 1.29 is 9.90 Å². The van der Waals surface area contributed by atoms with Gasteiger partial charge in [0, 0.05) is 25.0 Å². The maximum Gasteiger partial charge on any atom is 0.309 e. The lowest BCUT2D eigenvalue weighted by Gasteiger charge is -2.39. The van der Waals surface area contributed by atoms with E-state index >= 15 is 0 Å². The lowest BCUT2D eigenvalue weighted by atomic mass is 9.65. The molecule has 1 saturated heterocycles. The van der Waals surface area contributed by atoms with E-state index in [-0.39, 0.29) is 6.42 Å². The number of pyridine rings is 1. The average Bonchev–Trinajstić information content (AvgIpc) is 2.93. The van der Waals surface area contributed by atoms with Crippen LogP contribution in [-0.2, 0) is 11.2 Å². The van der Waals surface area contributed by atoms with Gasteiger partial charge in [0.15, 0.2) is 0 Å². The number of carboxylic acids is 1. The van der Waals surface area contributed by atoms with Crippen molar-refractivity contribution in [2.75, 3.05) is 11.4 Å². The van der Waals surface area contributed by atoms with Crippen molar-refractivity contribution in [1.29, 1.82) is 0 Å². The Balaban J connectivity index is 1.66. The van der Waals surface area contributed by atoms with Gasteiger partial charge in [-0.3, -0.25) is 4.79 Å². The summed E-state index contributed by atoms with van der Waals surface area (Å²) < 4.78 is 1.96. The molecule has 1 N–H and O–H groups in total. The molecule has 2 fully saturated rings. The molecule has 5 heteroatoms. The number of carbonyl (C=O) groups is 1. The fraction of sp³-hybridized carbons (Fsp3) is 0.579. The van der Waals surface area contributed by atoms with Crippen molar-refractivity contribution in [3.8, 4) is 0 Å². The third kappa shape index (κ3) is 2.66. The van der Waals surface area contributed by atoms with Crippen LogP contribution >= 0.6 is 0 Å². The Morgan fingerprint density at radius 2 is 2.08 bits per heavy atom. The molecule has 2 aliphatic rings. The maximum absolute atomic E-state index is 10.9. The van der Waals surface area contributed by atoms with Gasteiger partial charge in [0.05, 0.1) is 17.8 Å². The molecule has 128 valence electrons. The third-order valence-electron chi connectivity index (χ3n) is 5.56. The first-order valence-corrected chi connectivity index (χ1v) is 8.69. The Bertz CT molecular complexity index is 810. The van der Waals surface area contributed by atoms with Gasteiger partial charge < -0.3 is 14.4 Å². The number of rotatable bonds is 3. The summed E-state index contributed by atoms with van der Waals surface area (Å²) in [5, 5.41) is 8.94. The van der Waals surface area contributed by atoms with Gasteiger partial charge in [0.2, 0.25) is 0 Å². The predicted molar refractivity (Wildman–Crippen MR) is 93.4 cm³/mol. The lowest BCUT2D eigenvalue weighted by Crippen LogP contribution is -2.34. The van der Waals surface area contributed by atoms with Crippen LogP contribution in [0.1, 0.15) is 45.7 Å². The zero-order valence-electron chi connectivity index (χ0n) is 14.6. The second-order valence-electron chi connectivity index (χ2n) is 8.80. The van der Waals surface area contributed by atoms with Crippen molar-refractivity contribution in [2.24, 2.45) is 10.8 Å². The third-order valence-corrected chi connectivity index (χ3v) is 5.56.